The average molecular weight is 237 g/mol. The van der Waals surface area contributed by atoms with Crippen molar-refractivity contribution in [1.29, 1.82) is 0 Å². The topological polar surface area (TPSA) is 29.5 Å². The lowest BCUT2D eigenvalue weighted by atomic mass is 9.78. The van der Waals surface area contributed by atoms with Gasteiger partial charge in [0.05, 0.1) is 6.61 Å². The molecule has 0 spiro atoms. The molecule has 96 valence electrons. The Labute approximate surface area is 104 Å². The third-order valence-electron chi connectivity index (χ3n) is 4.78. The maximum atomic E-state index is 11.6. The first kappa shape index (κ1) is 11.5. The minimum absolute atomic E-state index is 0.0146. The zero-order valence-corrected chi connectivity index (χ0v) is 10.7. The summed E-state index contributed by atoms with van der Waals surface area (Å²) in [6.07, 6.45) is 7.34. The summed E-state index contributed by atoms with van der Waals surface area (Å²) in [5.41, 5.74) is 0. The van der Waals surface area contributed by atoms with Gasteiger partial charge in [-0.25, -0.2) is 0 Å². The Bertz CT molecular complexity index is 301. The summed E-state index contributed by atoms with van der Waals surface area (Å²) < 4.78 is 5.09. The van der Waals surface area contributed by atoms with Gasteiger partial charge in [-0.2, -0.15) is 0 Å². The zero-order valence-electron chi connectivity index (χ0n) is 10.7. The Morgan fingerprint density at radius 3 is 2.71 bits per heavy atom. The van der Waals surface area contributed by atoms with Gasteiger partial charge in [0.25, 0.3) is 0 Å². The van der Waals surface area contributed by atoms with Crippen LogP contribution in [-0.4, -0.2) is 36.1 Å². The molecule has 2 bridgehead atoms. The van der Waals surface area contributed by atoms with Crippen molar-refractivity contribution in [3.8, 4) is 0 Å². The number of ether oxygens (including phenoxy) is 1. The van der Waals surface area contributed by atoms with E-state index in [2.05, 4.69) is 4.90 Å². The van der Waals surface area contributed by atoms with E-state index < -0.39 is 0 Å². The molecule has 2 saturated carbocycles. The first-order chi connectivity index (χ1) is 8.28. The van der Waals surface area contributed by atoms with Crippen LogP contribution in [0, 0.1) is 11.8 Å². The minimum Gasteiger partial charge on any atom is -0.466 e. The molecule has 3 unspecified atom stereocenters. The molecule has 17 heavy (non-hydrogen) atoms. The van der Waals surface area contributed by atoms with Gasteiger partial charge < -0.3 is 4.74 Å². The summed E-state index contributed by atoms with van der Waals surface area (Å²) in [7, 11) is 0. The number of carbonyl (C=O) groups excluding carboxylic acids is 1. The molecule has 2 aliphatic carbocycles. The lowest BCUT2D eigenvalue weighted by molar-refractivity contribution is -0.144. The van der Waals surface area contributed by atoms with Gasteiger partial charge in [0.15, 0.2) is 0 Å². The average Bonchev–Trinajstić information content (AvgIpc) is 3.08. The lowest BCUT2D eigenvalue weighted by Crippen LogP contribution is -2.31. The van der Waals surface area contributed by atoms with Crippen molar-refractivity contribution in [3.63, 3.8) is 0 Å². The first-order valence-electron chi connectivity index (χ1n) is 7.19. The molecule has 0 aromatic rings. The molecular formula is C14H23NO2. The molecule has 0 radical (unpaired) electrons. The van der Waals surface area contributed by atoms with E-state index in [0.29, 0.717) is 18.9 Å². The molecule has 1 heterocycles. The second-order valence-electron chi connectivity index (χ2n) is 5.92. The van der Waals surface area contributed by atoms with Gasteiger partial charge in [-0.15, -0.1) is 0 Å². The van der Waals surface area contributed by atoms with Crippen LogP contribution in [0.2, 0.25) is 0 Å². The number of esters is 1. The fraction of sp³-hybridized carbons (Fsp3) is 0.929. The monoisotopic (exact) mass is 237 g/mol. The van der Waals surface area contributed by atoms with E-state index in [9.17, 15) is 4.79 Å². The molecule has 0 aromatic carbocycles. The van der Waals surface area contributed by atoms with Crippen molar-refractivity contribution >= 4 is 5.97 Å². The van der Waals surface area contributed by atoms with E-state index in [0.717, 1.165) is 18.0 Å². The summed E-state index contributed by atoms with van der Waals surface area (Å²) >= 11 is 0. The molecule has 1 aliphatic heterocycles. The predicted molar refractivity (Wildman–Crippen MR) is 65.6 cm³/mol. The highest BCUT2D eigenvalue weighted by atomic mass is 16.5. The van der Waals surface area contributed by atoms with Gasteiger partial charge in [-0.05, 0) is 50.9 Å². The number of hydrogen-bond acceptors (Lipinski definition) is 3. The van der Waals surface area contributed by atoms with Crippen LogP contribution >= 0.6 is 0 Å². The van der Waals surface area contributed by atoms with Gasteiger partial charge in [0.2, 0.25) is 0 Å². The molecule has 1 saturated heterocycles. The van der Waals surface area contributed by atoms with Crippen molar-refractivity contribution < 1.29 is 9.53 Å². The second-order valence-corrected chi connectivity index (χ2v) is 5.92. The summed E-state index contributed by atoms with van der Waals surface area (Å²) in [5, 5.41) is 0. The van der Waals surface area contributed by atoms with Crippen molar-refractivity contribution in [1.82, 2.24) is 4.90 Å². The van der Waals surface area contributed by atoms with Gasteiger partial charge in [-0.3, -0.25) is 9.69 Å². The number of nitrogens with zero attached hydrogens (tertiary/aromatic N) is 1. The van der Waals surface area contributed by atoms with Crippen LogP contribution in [0.4, 0.5) is 0 Å². The number of rotatable bonds is 4. The maximum absolute atomic E-state index is 11.6. The Morgan fingerprint density at radius 1 is 1.24 bits per heavy atom. The van der Waals surface area contributed by atoms with Crippen molar-refractivity contribution in [2.75, 3.05) is 13.2 Å². The van der Waals surface area contributed by atoms with E-state index in [4.69, 9.17) is 4.74 Å². The number of hydrogen-bond donors (Lipinski definition) is 0. The Balaban J connectivity index is 1.56. The molecule has 0 amide bonds. The van der Waals surface area contributed by atoms with Crippen LogP contribution in [0.25, 0.3) is 0 Å². The summed E-state index contributed by atoms with van der Waals surface area (Å²) in [4.78, 5) is 14.3. The molecule has 3 fully saturated rings. The van der Waals surface area contributed by atoms with Crippen LogP contribution in [0.5, 0.6) is 0 Å². The maximum Gasteiger partial charge on any atom is 0.306 e. The van der Waals surface area contributed by atoms with E-state index in [1.807, 2.05) is 6.92 Å². The standard InChI is InChI=1S/C14H23NO2/c1-2-17-14(16)8-10-3-4-13-7-11(10)9-15(13)12-5-6-12/h10-13H,2-9H2,1H3. The minimum atomic E-state index is 0.0146. The lowest BCUT2D eigenvalue weighted by Gasteiger charge is -2.28. The van der Waals surface area contributed by atoms with Gasteiger partial charge in [0, 0.05) is 25.0 Å². The summed E-state index contributed by atoms with van der Waals surface area (Å²) in [6, 6.07) is 1.73. The first-order valence-corrected chi connectivity index (χ1v) is 7.19. The Kier molecular flexibility index (Phi) is 3.12. The fourth-order valence-electron chi connectivity index (χ4n) is 3.80. The molecule has 0 N–H and O–H groups in total. The van der Waals surface area contributed by atoms with Crippen LogP contribution in [-0.2, 0) is 9.53 Å². The van der Waals surface area contributed by atoms with Crippen LogP contribution < -0.4 is 0 Å². The fourth-order valence-corrected chi connectivity index (χ4v) is 3.80. The van der Waals surface area contributed by atoms with Crippen LogP contribution in [0.3, 0.4) is 0 Å². The molecule has 3 aliphatic rings. The summed E-state index contributed by atoms with van der Waals surface area (Å²) in [5.74, 6) is 1.37. The highest BCUT2D eigenvalue weighted by Gasteiger charge is 2.46. The molecule has 3 rings (SSSR count). The molecular weight excluding hydrogens is 214 g/mol. The number of fused-ring (bicyclic) bond motifs is 2. The van der Waals surface area contributed by atoms with Crippen molar-refractivity contribution in [2.45, 2.75) is 57.5 Å². The molecule has 3 heteroatoms. The Hall–Kier alpha value is -0.570. The highest BCUT2D eigenvalue weighted by Crippen LogP contribution is 2.45. The normalized spacial score (nSPS) is 37.1. The van der Waals surface area contributed by atoms with Crippen molar-refractivity contribution in [2.24, 2.45) is 11.8 Å². The second kappa shape index (κ2) is 4.60. The summed E-state index contributed by atoms with van der Waals surface area (Å²) in [6.45, 7) is 3.66. The van der Waals surface area contributed by atoms with E-state index in [1.54, 1.807) is 0 Å². The van der Waals surface area contributed by atoms with Gasteiger partial charge >= 0.3 is 5.97 Å². The third kappa shape index (κ3) is 2.35. The molecule has 3 nitrogen and oxygen atoms in total. The smallest absolute Gasteiger partial charge is 0.306 e. The highest BCUT2D eigenvalue weighted by molar-refractivity contribution is 5.69. The number of likely N-dealkylation sites (tertiary alicyclic amines) is 1. The van der Waals surface area contributed by atoms with Crippen LogP contribution in [0.1, 0.15) is 45.4 Å². The SMILES string of the molecule is CCOC(=O)CC1CCC2CC1CN2C1CC1. The third-order valence-corrected chi connectivity index (χ3v) is 4.78. The zero-order chi connectivity index (χ0) is 11.8. The van der Waals surface area contributed by atoms with Gasteiger partial charge in [0.1, 0.15) is 0 Å². The van der Waals surface area contributed by atoms with Crippen molar-refractivity contribution in [3.05, 3.63) is 0 Å². The Morgan fingerprint density at radius 2 is 2.00 bits per heavy atom. The largest absolute Gasteiger partial charge is 0.466 e. The van der Waals surface area contributed by atoms with E-state index in [1.165, 1.54) is 38.6 Å². The van der Waals surface area contributed by atoms with Gasteiger partial charge in [-0.1, -0.05) is 0 Å². The quantitative estimate of drug-likeness (QED) is 0.702. The number of carbonyl (C=O) groups is 1. The van der Waals surface area contributed by atoms with E-state index >= 15 is 0 Å². The predicted octanol–water partition coefficient (Wildman–Crippen LogP) is 2.20. The molecule has 3 atom stereocenters. The molecule has 0 aromatic heterocycles. The van der Waals surface area contributed by atoms with E-state index in [-0.39, 0.29) is 5.97 Å². The van der Waals surface area contributed by atoms with Crippen LogP contribution in [0.15, 0.2) is 0 Å².